The predicted octanol–water partition coefficient (Wildman–Crippen LogP) is 10.2. The first-order valence-electron chi connectivity index (χ1n) is 13.8. The molecule has 0 aliphatic heterocycles. The van der Waals surface area contributed by atoms with Gasteiger partial charge in [-0.15, -0.1) is 0 Å². The monoisotopic (exact) mass is 471 g/mol. The first kappa shape index (κ1) is 30.4. The van der Waals surface area contributed by atoms with Crippen molar-refractivity contribution in [2.45, 2.75) is 101 Å². The van der Waals surface area contributed by atoms with Crippen LogP contribution in [0.4, 0.5) is 0 Å². The Hall–Kier alpha value is -2.67. The molecule has 1 aromatic heterocycles. The highest BCUT2D eigenvalue weighted by atomic mass is 14.7. The maximum atomic E-state index is 4.80. The topological polar surface area (TPSA) is 12.9 Å². The molecule has 35 heavy (non-hydrogen) atoms. The van der Waals surface area contributed by atoms with E-state index < -0.39 is 0 Å². The Bertz CT molecular complexity index is 1000. The van der Waals surface area contributed by atoms with Crippen molar-refractivity contribution in [3.05, 3.63) is 105 Å². The molecule has 0 spiro atoms. The van der Waals surface area contributed by atoms with Crippen molar-refractivity contribution in [2.24, 2.45) is 0 Å². The van der Waals surface area contributed by atoms with Gasteiger partial charge in [-0.1, -0.05) is 119 Å². The van der Waals surface area contributed by atoms with Crippen LogP contribution in [-0.2, 0) is 12.8 Å². The van der Waals surface area contributed by atoms with E-state index in [4.69, 9.17) is 4.98 Å². The van der Waals surface area contributed by atoms with Crippen LogP contribution in [0.25, 0.3) is 5.57 Å². The van der Waals surface area contributed by atoms with Crippen LogP contribution >= 0.6 is 0 Å². The standard InChI is InChI=1S/C22H27N.C8H10.2C2H6/c1-4-6-8-17(5-2)21-20-13-10-16(3)15-19(20)12-11-18-9-7-14-23-22(18)21;1-7-3-5-8(2)6-4-7;2*1-2/h7,9-10,13-15H,4-6,8,11-12H2,1-3H3;3-6H,1-2H3;2*1-2H3/b21-17-;;;. The molecule has 3 aromatic rings. The van der Waals surface area contributed by atoms with E-state index in [-0.39, 0.29) is 0 Å². The van der Waals surface area contributed by atoms with E-state index >= 15 is 0 Å². The molecule has 0 saturated carbocycles. The number of rotatable bonds is 4. The summed E-state index contributed by atoms with van der Waals surface area (Å²) in [6.07, 6.45) is 8.95. The molecule has 1 heteroatoms. The summed E-state index contributed by atoms with van der Waals surface area (Å²) in [7, 11) is 0. The van der Waals surface area contributed by atoms with Crippen molar-refractivity contribution in [1.82, 2.24) is 4.98 Å². The highest BCUT2D eigenvalue weighted by Crippen LogP contribution is 2.37. The first-order valence-corrected chi connectivity index (χ1v) is 13.8. The summed E-state index contributed by atoms with van der Waals surface area (Å²) in [4.78, 5) is 4.80. The fourth-order valence-electron chi connectivity index (χ4n) is 4.30. The third kappa shape index (κ3) is 9.13. The number of nitrogens with zero attached hydrogens (tertiary/aromatic N) is 1. The van der Waals surface area contributed by atoms with E-state index in [0.29, 0.717) is 0 Å². The largest absolute Gasteiger partial charge is 0.256 e. The van der Waals surface area contributed by atoms with Crippen LogP contribution in [0.2, 0.25) is 0 Å². The lowest BCUT2D eigenvalue weighted by molar-refractivity contribution is 0.767. The van der Waals surface area contributed by atoms with Gasteiger partial charge in [0, 0.05) is 11.8 Å². The molecular weight excluding hydrogens is 422 g/mol. The molecule has 0 amide bonds. The minimum Gasteiger partial charge on any atom is -0.256 e. The number of hydrogen-bond acceptors (Lipinski definition) is 1. The number of unbranched alkanes of at least 4 members (excludes halogenated alkanes) is 1. The average Bonchev–Trinajstić information content (AvgIpc) is 3.06. The van der Waals surface area contributed by atoms with E-state index in [1.54, 1.807) is 5.57 Å². The van der Waals surface area contributed by atoms with Crippen LogP contribution in [0.5, 0.6) is 0 Å². The number of aryl methyl sites for hydroxylation is 5. The number of aromatic nitrogens is 1. The Kier molecular flexibility index (Phi) is 14.6. The lowest BCUT2D eigenvalue weighted by atomic mass is 9.89. The fraction of sp³-hybridized carbons (Fsp3) is 0.441. The lowest BCUT2D eigenvalue weighted by Gasteiger charge is -2.17. The minimum absolute atomic E-state index is 1.09. The van der Waals surface area contributed by atoms with Crippen molar-refractivity contribution in [2.75, 3.05) is 0 Å². The number of benzene rings is 2. The van der Waals surface area contributed by atoms with E-state index in [0.717, 1.165) is 19.3 Å². The summed E-state index contributed by atoms with van der Waals surface area (Å²) in [5.74, 6) is 0. The van der Waals surface area contributed by atoms with Crippen LogP contribution in [0.1, 0.15) is 106 Å². The Labute approximate surface area is 216 Å². The first-order chi connectivity index (χ1) is 17.0. The molecule has 0 atom stereocenters. The Morgan fingerprint density at radius 1 is 0.743 bits per heavy atom. The van der Waals surface area contributed by atoms with E-state index in [9.17, 15) is 0 Å². The summed E-state index contributed by atoms with van der Waals surface area (Å²) in [5, 5.41) is 0. The van der Waals surface area contributed by atoms with Gasteiger partial charge in [0.25, 0.3) is 0 Å². The van der Waals surface area contributed by atoms with E-state index in [1.807, 2.05) is 33.9 Å². The third-order valence-corrected chi connectivity index (χ3v) is 6.15. The van der Waals surface area contributed by atoms with Crippen LogP contribution < -0.4 is 0 Å². The predicted molar refractivity (Wildman–Crippen MR) is 157 cm³/mol. The molecule has 0 unspecified atom stereocenters. The Morgan fingerprint density at radius 2 is 1.31 bits per heavy atom. The average molecular weight is 472 g/mol. The molecule has 1 nitrogen and oxygen atoms in total. The molecule has 2 aromatic carbocycles. The number of hydrogen-bond donors (Lipinski definition) is 0. The van der Waals surface area contributed by atoms with Gasteiger partial charge in [0.15, 0.2) is 0 Å². The van der Waals surface area contributed by atoms with Crippen LogP contribution in [-0.4, -0.2) is 4.98 Å². The van der Waals surface area contributed by atoms with Gasteiger partial charge < -0.3 is 0 Å². The molecule has 0 fully saturated rings. The molecule has 1 aliphatic carbocycles. The van der Waals surface area contributed by atoms with Gasteiger partial charge in [0.2, 0.25) is 0 Å². The van der Waals surface area contributed by atoms with Crippen molar-refractivity contribution >= 4 is 5.57 Å². The maximum Gasteiger partial charge on any atom is 0.0739 e. The van der Waals surface area contributed by atoms with Gasteiger partial charge in [-0.05, 0) is 75.6 Å². The number of allylic oxidation sites excluding steroid dienone is 1. The molecule has 4 rings (SSSR count). The van der Waals surface area contributed by atoms with Crippen LogP contribution in [0, 0.1) is 20.8 Å². The number of pyridine rings is 1. The fourth-order valence-corrected chi connectivity index (χ4v) is 4.30. The van der Waals surface area contributed by atoms with E-state index in [2.05, 4.69) is 89.2 Å². The Balaban J connectivity index is 0.000000427. The molecular formula is C34H49N. The summed E-state index contributed by atoms with van der Waals surface area (Å²) in [6, 6.07) is 19.8. The third-order valence-electron chi connectivity index (χ3n) is 6.15. The highest BCUT2D eigenvalue weighted by Gasteiger charge is 2.21. The SMILES string of the molecule is CC.CC.CCCC/C(CC)=C1/c2ccc(C)cc2CCc2cccnc21.Cc1ccc(C)cc1. The molecule has 0 N–H and O–H groups in total. The van der Waals surface area contributed by atoms with Crippen molar-refractivity contribution in [1.29, 1.82) is 0 Å². The zero-order valence-electron chi connectivity index (χ0n) is 24.0. The molecule has 190 valence electrons. The smallest absolute Gasteiger partial charge is 0.0739 e. The van der Waals surface area contributed by atoms with Gasteiger partial charge in [0.1, 0.15) is 0 Å². The van der Waals surface area contributed by atoms with Gasteiger partial charge in [-0.3, -0.25) is 4.98 Å². The summed E-state index contributed by atoms with van der Waals surface area (Å²) < 4.78 is 0. The highest BCUT2D eigenvalue weighted by molar-refractivity contribution is 5.84. The second kappa shape index (κ2) is 16.9. The normalized spacial score (nSPS) is 12.7. The van der Waals surface area contributed by atoms with Crippen LogP contribution in [0.3, 0.4) is 0 Å². The minimum atomic E-state index is 1.09. The summed E-state index contributed by atoms with van der Waals surface area (Å²) in [6.45, 7) is 18.9. The summed E-state index contributed by atoms with van der Waals surface area (Å²) in [5.41, 5.74) is 12.5. The van der Waals surface area contributed by atoms with Gasteiger partial charge in [0.05, 0.1) is 5.69 Å². The quantitative estimate of drug-likeness (QED) is 0.369. The second-order valence-electron chi connectivity index (χ2n) is 8.76. The van der Waals surface area contributed by atoms with Crippen molar-refractivity contribution < 1.29 is 0 Å². The zero-order valence-corrected chi connectivity index (χ0v) is 24.0. The molecule has 1 heterocycles. The lowest BCUT2D eigenvalue weighted by Crippen LogP contribution is -2.00. The van der Waals surface area contributed by atoms with Gasteiger partial charge in [-0.2, -0.15) is 0 Å². The molecule has 1 aliphatic rings. The van der Waals surface area contributed by atoms with Crippen molar-refractivity contribution in [3.63, 3.8) is 0 Å². The zero-order chi connectivity index (χ0) is 26.2. The maximum absolute atomic E-state index is 4.80. The summed E-state index contributed by atoms with van der Waals surface area (Å²) >= 11 is 0. The Morgan fingerprint density at radius 3 is 1.89 bits per heavy atom. The van der Waals surface area contributed by atoms with Gasteiger partial charge >= 0.3 is 0 Å². The van der Waals surface area contributed by atoms with Crippen molar-refractivity contribution in [3.8, 4) is 0 Å². The second-order valence-corrected chi connectivity index (χ2v) is 8.76. The van der Waals surface area contributed by atoms with Crippen LogP contribution in [0.15, 0.2) is 66.4 Å². The molecule has 0 radical (unpaired) electrons. The molecule has 0 bridgehead atoms. The molecule has 0 saturated heterocycles. The number of fused-ring (bicyclic) bond motifs is 2. The van der Waals surface area contributed by atoms with E-state index in [1.165, 1.54) is 63.9 Å². The van der Waals surface area contributed by atoms with Gasteiger partial charge in [-0.25, -0.2) is 0 Å².